The van der Waals surface area contributed by atoms with E-state index >= 15 is 0 Å². The summed E-state index contributed by atoms with van der Waals surface area (Å²) in [5.41, 5.74) is 18.8. The van der Waals surface area contributed by atoms with E-state index in [1.807, 2.05) is 116 Å². The Hall–Kier alpha value is -12.3. The number of Topliss-reactive ketones (excluding diaryl/α,β-unsaturated/α-hetero) is 3. The van der Waals surface area contributed by atoms with E-state index < -0.39 is 0 Å². The summed E-state index contributed by atoms with van der Waals surface area (Å²) in [6.07, 6.45) is 0.892. The number of ketones is 3. The first kappa shape index (κ1) is 89.9. The summed E-state index contributed by atoms with van der Waals surface area (Å²) in [4.78, 5) is 70.8. The van der Waals surface area contributed by atoms with Gasteiger partial charge in [-0.05, 0) is 137 Å². The molecule has 576 valence electrons. The van der Waals surface area contributed by atoms with Crippen molar-refractivity contribution < 1.29 is 88.2 Å². The number of anilines is 5. The number of hydrogen-bond donors (Lipinski definition) is 13. The monoisotopic (exact) mass is 1550 g/mol. The van der Waals surface area contributed by atoms with Crippen LogP contribution in [0.4, 0.5) is 28.4 Å². The number of halogens is 1. The maximum Gasteiger partial charge on any atom is 0.325 e. The van der Waals surface area contributed by atoms with Crippen molar-refractivity contribution in [1.82, 2.24) is 0 Å². The Kier molecular flexibility index (Phi) is 43.1. The van der Waals surface area contributed by atoms with Crippen molar-refractivity contribution in [2.45, 2.75) is 74.5 Å². The quantitative estimate of drug-likeness (QED) is 0.00517. The molecule has 0 aromatic heterocycles. The van der Waals surface area contributed by atoms with Crippen LogP contribution in [-0.2, 0) is 51.4 Å². The standard InChI is InChI=1S/C19H22N2O4.C17H19NO3.C13H13NO.C10H13NO3.C10H12O3.C9H12N2O2.C4H7BrO2/c1-3-17(16-7-8-18(24)12(2)19(16)25)21-11-15(23)10-20-13-5-4-6-14(22)9-13;1-2-20-17(19)12-18-15-9-6-10-16(11-15)21-13-14-7-4-3-5-8-14;14-12-7-4-8-13(9-12)15-10-11-5-2-1-3-6-11;1-2-14-10(13)7-11-8-4-3-5-9(12)6-8;1-3-8(11)7-4-5-9(12)6(2)10(7)13;10-5-9(13)6-11-7-2-1-3-8(12)4-7;1-2-7-4(6)3-5/h4-9,20,22,24-25H,3,10-11H2,1-2H3;3-11,18H,2,12-13H2,1H3;1-9H,10,14H2;3-6,11-12H,2,7H2,1H3;4-5,12-13H,3H2,1-2H3;1-4,11-12H,5-6,10H2;2-3H2,1H3. The Morgan fingerprint density at radius 3 is 1.21 bits per heavy atom. The number of carbonyl (C=O) groups is 6. The second-order valence-corrected chi connectivity index (χ2v) is 23.2. The highest BCUT2D eigenvalue weighted by Crippen LogP contribution is 2.32. The van der Waals surface area contributed by atoms with Crippen molar-refractivity contribution in [3.8, 4) is 51.7 Å². The predicted octanol–water partition coefficient (Wildman–Crippen LogP) is 13.7. The van der Waals surface area contributed by atoms with Gasteiger partial charge >= 0.3 is 17.9 Å². The van der Waals surface area contributed by atoms with Crippen LogP contribution in [0.2, 0.25) is 0 Å². The number of benzene rings is 9. The Morgan fingerprint density at radius 2 is 0.815 bits per heavy atom. The number of rotatable bonds is 29. The second-order valence-electron chi connectivity index (χ2n) is 22.6. The van der Waals surface area contributed by atoms with E-state index in [0.717, 1.165) is 34.0 Å². The Balaban J connectivity index is 0.000000336. The van der Waals surface area contributed by atoms with E-state index in [-0.39, 0.29) is 120 Å². The van der Waals surface area contributed by atoms with E-state index in [9.17, 15) is 54.3 Å². The summed E-state index contributed by atoms with van der Waals surface area (Å²) in [6, 6.07) is 60.6. The van der Waals surface area contributed by atoms with Gasteiger partial charge in [0.15, 0.2) is 17.3 Å². The van der Waals surface area contributed by atoms with Crippen molar-refractivity contribution >= 4 is 85.3 Å². The number of alkyl halides is 1. The third kappa shape index (κ3) is 36.9. The highest BCUT2D eigenvalue weighted by molar-refractivity contribution is 9.09. The van der Waals surface area contributed by atoms with Gasteiger partial charge in [0.05, 0.1) is 51.6 Å². The highest BCUT2D eigenvalue weighted by Gasteiger charge is 2.15. The first-order valence-electron chi connectivity index (χ1n) is 34.3. The SMILES string of the molecule is CCC(=NCC(=O)CNc1cccc(O)c1)c1ccc(O)c(C)c1O.CCC(=O)c1ccc(O)c(C)c1O.CCOC(=O)CBr.CCOC(=O)CNc1cccc(O)c1.CCOC(=O)CNc1cccc(OCc2ccccc2)c1.NCC(=O)CNc1cccc(O)c1.Nc1cccc(OCc2ccccc2)c1. The van der Waals surface area contributed by atoms with Gasteiger partial charge in [-0.1, -0.05) is 121 Å². The van der Waals surface area contributed by atoms with Gasteiger partial charge in [-0.25, -0.2) is 0 Å². The lowest BCUT2D eigenvalue weighted by Crippen LogP contribution is -2.22. The van der Waals surface area contributed by atoms with Crippen molar-refractivity contribution in [3.05, 3.63) is 240 Å². The van der Waals surface area contributed by atoms with Crippen molar-refractivity contribution in [1.29, 1.82) is 0 Å². The predicted molar refractivity (Wildman–Crippen MR) is 425 cm³/mol. The van der Waals surface area contributed by atoms with Crippen LogP contribution in [0.25, 0.3) is 0 Å². The Labute approximate surface area is 638 Å². The van der Waals surface area contributed by atoms with Crippen LogP contribution in [0.3, 0.4) is 0 Å². The second kappa shape index (κ2) is 51.8. The average molecular weight is 1550 g/mol. The lowest BCUT2D eigenvalue weighted by atomic mass is 10.0. The summed E-state index contributed by atoms with van der Waals surface area (Å²) >= 11 is 2.94. The molecule has 0 saturated carbocycles. The molecule has 0 radical (unpaired) electrons. The van der Waals surface area contributed by atoms with Crippen LogP contribution in [0.15, 0.2) is 211 Å². The molecule has 25 nitrogen and oxygen atoms in total. The number of nitrogen functional groups attached to an aromatic ring is 1. The molecular weight excluding hydrogens is 1450 g/mol. The zero-order valence-corrected chi connectivity index (χ0v) is 63.2. The van der Waals surface area contributed by atoms with Crippen molar-refractivity contribution in [3.63, 3.8) is 0 Å². The smallest absolute Gasteiger partial charge is 0.325 e. The van der Waals surface area contributed by atoms with Gasteiger partial charge in [-0.3, -0.25) is 33.8 Å². The van der Waals surface area contributed by atoms with E-state index in [1.165, 1.54) is 24.3 Å². The first-order chi connectivity index (χ1) is 51.9. The molecule has 26 heteroatoms. The number of nitrogens with zero attached hydrogens (tertiary/aromatic N) is 1. The maximum absolute atomic E-state index is 12.0. The van der Waals surface area contributed by atoms with E-state index in [2.05, 4.69) is 46.9 Å². The fourth-order valence-electron chi connectivity index (χ4n) is 8.73. The minimum Gasteiger partial charge on any atom is -0.508 e. The van der Waals surface area contributed by atoms with Gasteiger partial charge in [-0.2, -0.15) is 0 Å². The number of hydrogen-bond acceptors (Lipinski definition) is 25. The zero-order chi connectivity index (χ0) is 79.6. The summed E-state index contributed by atoms with van der Waals surface area (Å²) in [6.45, 7) is 15.0. The number of phenols is 7. The molecule has 0 fully saturated rings. The largest absolute Gasteiger partial charge is 0.508 e. The first-order valence-corrected chi connectivity index (χ1v) is 35.5. The lowest BCUT2D eigenvalue weighted by molar-refractivity contribution is -0.141. The van der Waals surface area contributed by atoms with Crippen LogP contribution in [-0.4, -0.2) is 141 Å². The number of phenolic OH excluding ortho intramolecular Hbond substituents is 7. The van der Waals surface area contributed by atoms with Gasteiger partial charge in [0.1, 0.15) is 83.4 Å². The molecule has 9 rings (SSSR count). The fourth-order valence-corrected chi connectivity index (χ4v) is 8.89. The Morgan fingerprint density at radius 1 is 0.426 bits per heavy atom. The molecule has 0 aliphatic carbocycles. The van der Waals surface area contributed by atoms with Gasteiger partial charge < -0.3 is 92.2 Å². The molecule has 0 atom stereocenters. The maximum atomic E-state index is 12.0. The third-order valence-corrected chi connectivity index (χ3v) is 14.8. The molecule has 15 N–H and O–H groups in total. The van der Waals surface area contributed by atoms with E-state index in [0.29, 0.717) is 90.7 Å². The van der Waals surface area contributed by atoms with Crippen LogP contribution in [0.1, 0.15) is 85.6 Å². The number of ether oxygens (including phenoxy) is 5. The lowest BCUT2D eigenvalue weighted by Gasteiger charge is -2.10. The summed E-state index contributed by atoms with van der Waals surface area (Å²) < 4.78 is 25.4. The topological polar surface area (TPSA) is 403 Å². The van der Waals surface area contributed by atoms with E-state index in [4.69, 9.17) is 40.6 Å². The molecule has 9 aromatic carbocycles. The van der Waals surface area contributed by atoms with Gasteiger partial charge in [0, 0.05) is 87.6 Å². The van der Waals surface area contributed by atoms with Crippen LogP contribution < -0.4 is 42.2 Å². The minimum absolute atomic E-state index is 0.00477. The summed E-state index contributed by atoms with van der Waals surface area (Å²) in [7, 11) is 0. The minimum atomic E-state index is -0.309. The number of aromatic hydroxyl groups is 7. The number of esters is 3. The molecule has 9 aromatic rings. The van der Waals surface area contributed by atoms with Crippen molar-refractivity contribution in [2.75, 3.05) is 91.4 Å². The number of carbonyl (C=O) groups excluding carboxylic acids is 6. The molecule has 0 spiro atoms. The fraction of sp³-hybridized carbons (Fsp3) is 0.256. The average Bonchev–Trinajstić information content (AvgIpc) is 0.833. The van der Waals surface area contributed by atoms with Crippen LogP contribution in [0, 0.1) is 13.8 Å². The summed E-state index contributed by atoms with van der Waals surface area (Å²) in [5.74, 6) is 0.809. The summed E-state index contributed by atoms with van der Waals surface area (Å²) in [5, 5.41) is 78.0. The Bertz CT molecular complexity index is 4240. The number of aliphatic imine (C=N–C) groups is 1. The molecule has 0 bridgehead atoms. The van der Waals surface area contributed by atoms with E-state index in [1.54, 1.807) is 114 Å². The number of nitrogens with one attached hydrogen (secondary N) is 4. The van der Waals surface area contributed by atoms with Crippen molar-refractivity contribution in [2.24, 2.45) is 10.7 Å². The van der Waals surface area contributed by atoms with Gasteiger partial charge in [0.25, 0.3) is 0 Å². The molecule has 108 heavy (non-hydrogen) atoms. The molecular formula is C82H98BrN7O18. The van der Waals surface area contributed by atoms with Crippen LogP contribution in [0.5, 0.6) is 51.7 Å². The molecule has 0 aliphatic heterocycles. The molecule has 0 amide bonds. The van der Waals surface area contributed by atoms with Gasteiger partial charge in [-0.15, -0.1) is 0 Å². The third-order valence-electron chi connectivity index (χ3n) is 14.4. The number of nitrogens with two attached hydrogens (primary N) is 2. The molecule has 0 unspecified atom stereocenters. The molecule has 0 saturated heterocycles. The highest BCUT2D eigenvalue weighted by atomic mass is 79.9. The van der Waals surface area contributed by atoms with Crippen LogP contribution >= 0.6 is 15.9 Å². The zero-order valence-electron chi connectivity index (χ0n) is 61.6. The normalized spacial score (nSPS) is 10.1. The molecule has 0 aliphatic rings. The molecule has 0 heterocycles. The van der Waals surface area contributed by atoms with Gasteiger partial charge in [0.2, 0.25) is 0 Å².